The first kappa shape index (κ1) is 15.9. The number of hydrogen-bond donors (Lipinski definition) is 1. The molecule has 0 aliphatic carbocycles. The summed E-state index contributed by atoms with van der Waals surface area (Å²) in [5.74, 6) is 0.119. The van der Waals surface area contributed by atoms with Gasteiger partial charge in [0.2, 0.25) is 0 Å². The molecule has 0 atom stereocenters. The van der Waals surface area contributed by atoms with Crippen LogP contribution in [0.2, 0.25) is 0 Å². The lowest BCUT2D eigenvalue weighted by Gasteiger charge is -2.03. The largest absolute Gasteiger partial charge is 0.396 e. The quantitative estimate of drug-likeness (QED) is 0.725. The summed E-state index contributed by atoms with van der Waals surface area (Å²) in [6.45, 7) is 0.193. The highest BCUT2D eigenvalue weighted by molar-refractivity contribution is 7.07. The monoisotopic (exact) mass is 339 g/mol. The summed E-state index contributed by atoms with van der Waals surface area (Å²) < 4.78 is 13.8. The van der Waals surface area contributed by atoms with Crippen molar-refractivity contribution in [2.75, 3.05) is 0 Å². The Morgan fingerprint density at radius 2 is 1.96 bits per heavy atom. The van der Waals surface area contributed by atoms with Crippen molar-refractivity contribution in [3.05, 3.63) is 82.6 Å². The number of halogens is 1. The minimum atomic E-state index is -0.290. The molecule has 2 N–H and O–H groups in total. The van der Waals surface area contributed by atoms with E-state index in [-0.39, 0.29) is 12.4 Å². The summed E-state index contributed by atoms with van der Waals surface area (Å²) in [5, 5.41) is 1.86. The van der Waals surface area contributed by atoms with E-state index in [1.807, 2.05) is 5.38 Å². The molecule has 1 aromatic carbocycles. The highest BCUT2D eigenvalue weighted by Gasteiger charge is 2.08. The van der Waals surface area contributed by atoms with Crippen molar-refractivity contribution in [2.24, 2.45) is 10.7 Å². The molecule has 0 aliphatic heterocycles. The number of benzene rings is 1. The number of aromatic nitrogens is 3. The Kier molecular flexibility index (Phi) is 5.02. The predicted molar refractivity (Wildman–Crippen MR) is 93.0 cm³/mol. The molecule has 5 nitrogen and oxygen atoms in total. The predicted octanol–water partition coefficient (Wildman–Crippen LogP) is 3.06. The molecule has 0 spiro atoms. The van der Waals surface area contributed by atoms with Gasteiger partial charge in [-0.25, -0.2) is 19.3 Å². The SMILES string of the molecule is NC(=CC(=NCc1ccccc1F)c1cscn1)c1ncccn1. The number of nitrogens with two attached hydrogens (primary N) is 1. The number of hydrogen-bond acceptors (Lipinski definition) is 6. The summed E-state index contributed by atoms with van der Waals surface area (Å²) in [5.41, 5.74) is 9.88. The highest BCUT2D eigenvalue weighted by atomic mass is 32.1. The first-order valence-corrected chi connectivity index (χ1v) is 8.09. The van der Waals surface area contributed by atoms with E-state index in [9.17, 15) is 4.39 Å². The smallest absolute Gasteiger partial charge is 0.175 e. The molecule has 7 heteroatoms. The van der Waals surface area contributed by atoms with Crippen LogP contribution in [-0.2, 0) is 6.54 Å². The van der Waals surface area contributed by atoms with E-state index in [0.29, 0.717) is 28.5 Å². The normalized spacial score (nSPS) is 12.4. The summed E-state index contributed by atoms with van der Waals surface area (Å²) >= 11 is 1.45. The molecule has 0 fully saturated rings. The van der Waals surface area contributed by atoms with Crippen LogP contribution in [0.15, 0.2) is 64.7 Å². The molecule has 0 bridgehead atoms. The van der Waals surface area contributed by atoms with Gasteiger partial charge in [0.05, 0.1) is 29.2 Å². The zero-order chi connectivity index (χ0) is 16.8. The Labute approximate surface area is 142 Å². The van der Waals surface area contributed by atoms with E-state index >= 15 is 0 Å². The van der Waals surface area contributed by atoms with Crippen LogP contribution in [0.25, 0.3) is 5.70 Å². The Balaban J connectivity index is 1.93. The average molecular weight is 339 g/mol. The molecule has 2 heterocycles. The molecule has 0 saturated carbocycles. The van der Waals surface area contributed by atoms with Gasteiger partial charge in [-0.1, -0.05) is 18.2 Å². The Bertz CT molecular complexity index is 860. The number of nitrogens with zero attached hydrogens (tertiary/aromatic N) is 4. The summed E-state index contributed by atoms with van der Waals surface area (Å²) in [6, 6.07) is 8.25. The van der Waals surface area contributed by atoms with Crippen molar-refractivity contribution in [2.45, 2.75) is 6.54 Å². The van der Waals surface area contributed by atoms with Crippen molar-refractivity contribution >= 4 is 22.7 Å². The van der Waals surface area contributed by atoms with Gasteiger partial charge in [0.25, 0.3) is 0 Å². The van der Waals surface area contributed by atoms with Crippen LogP contribution in [-0.4, -0.2) is 20.7 Å². The minimum absolute atomic E-state index is 0.193. The van der Waals surface area contributed by atoms with E-state index in [4.69, 9.17) is 5.73 Å². The fourth-order valence-corrected chi connectivity index (χ4v) is 2.54. The zero-order valence-corrected chi connectivity index (χ0v) is 13.4. The van der Waals surface area contributed by atoms with E-state index in [0.717, 1.165) is 0 Å². The third-order valence-corrected chi connectivity index (χ3v) is 3.77. The van der Waals surface area contributed by atoms with Crippen molar-refractivity contribution in [1.29, 1.82) is 0 Å². The molecule has 3 aromatic rings. The van der Waals surface area contributed by atoms with E-state index in [1.54, 1.807) is 48.2 Å². The lowest BCUT2D eigenvalue weighted by molar-refractivity contribution is 0.611. The number of thiazole rings is 1. The average Bonchev–Trinajstić information content (AvgIpc) is 3.15. The van der Waals surface area contributed by atoms with Crippen LogP contribution in [0, 0.1) is 5.82 Å². The van der Waals surface area contributed by atoms with Gasteiger partial charge in [-0.2, -0.15) is 0 Å². The third kappa shape index (κ3) is 3.88. The van der Waals surface area contributed by atoms with E-state index < -0.39 is 0 Å². The van der Waals surface area contributed by atoms with Crippen LogP contribution in [0.4, 0.5) is 4.39 Å². The standard InChI is InChI=1S/C17H14FN5S/c18-13-5-2-1-4-12(13)9-22-15(16-10-24-11-23-16)8-14(19)17-20-6-3-7-21-17/h1-8,10-11H,9,19H2. The molecule has 0 aliphatic rings. The molecule has 3 rings (SSSR count). The molecule has 0 saturated heterocycles. The molecule has 0 amide bonds. The van der Waals surface area contributed by atoms with Crippen molar-refractivity contribution in [3.63, 3.8) is 0 Å². The Hall–Kier alpha value is -2.93. The maximum atomic E-state index is 13.8. The van der Waals surface area contributed by atoms with Crippen LogP contribution < -0.4 is 5.73 Å². The van der Waals surface area contributed by atoms with Crippen LogP contribution in [0.3, 0.4) is 0 Å². The maximum Gasteiger partial charge on any atom is 0.175 e. The molecule has 0 radical (unpaired) electrons. The van der Waals surface area contributed by atoms with Gasteiger partial charge in [-0.3, -0.25) is 4.99 Å². The van der Waals surface area contributed by atoms with E-state index in [1.165, 1.54) is 17.4 Å². The fraction of sp³-hybridized carbons (Fsp3) is 0.0588. The molecule has 120 valence electrons. The second-order valence-electron chi connectivity index (χ2n) is 4.84. The zero-order valence-electron chi connectivity index (χ0n) is 12.6. The van der Waals surface area contributed by atoms with Gasteiger partial charge in [0.15, 0.2) is 5.82 Å². The summed E-state index contributed by atoms with van der Waals surface area (Å²) in [4.78, 5) is 16.9. The first-order chi connectivity index (χ1) is 11.7. The van der Waals surface area contributed by atoms with Gasteiger partial charge in [0, 0.05) is 23.3 Å². The lowest BCUT2D eigenvalue weighted by atomic mass is 10.2. The van der Waals surface area contributed by atoms with Gasteiger partial charge in [-0.05, 0) is 18.2 Å². The molecule has 24 heavy (non-hydrogen) atoms. The second kappa shape index (κ2) is 7.56. The van der Waals surface area contributed by atoms with Gasteiger partial charge >= 0.3 is 0 Å². The number of allylic oxidation sites excluding steroid dienone is 1. The Morgan fingerprint density at radius 1 is 1.17 bits per heavy atom. The maximum absolute atomic E-state index is 13.8. The number of aliphatic imine (C=N–C) groups is 1. The molecular weight excluding hydrogens is 325 g/mol. The molecule has 0 unspecified atom stereocenters. The van der Waals surface area contributed by atoms with Gasteiger partial charge in [0.1, 0.15) is 5.82 Å². The van der Waals surface area contributed by atoms with Crippen LogP contribution >= 0.6 is 11.3 Å². The minimum Gasteiger partial charge on any atom is -0.396 e. The lowest BCUT2D eigenvalue weighted by Crippen LogP contribution is -2.07. The fourth-order valence-electron chi connectivity index (χ4n) is 2.00. The molecular formula is C17H14FN5S. The summed E-state index contributed by atoms with van der Waals surface area (Å²) in [6.07, 6.45) is 4.88. The van der Waals surface area contributed by atoms with Crippen LogP contribution in [0.1, 0.15) is 17.1 Å². The van der Waals surface area contributed by atoms with Crippen molar-refractivity contribution < 1.29 is 4.39 Å². The first-order valence-electron chi connectivity index (χ1n) is 7.15. The molecule has 2 aromatic heterocycles. The highest BCUT2D eigenvalue weighted by Crippen LogP contribution is 2.12. The van der Waals surface area contributed by atoms with Crippen molar-refractivity contribution in [3.8, 4) is 0 Å². The second-order valence-corrected chi connectivity index (χ2v) is 5.56. The van der Waals surface area contributed by atoms with Gasteiger partial charge < -0.3 is 5.73 Å². The summed E-state index contributed by atoms with van der Waals surface area (Å²) in [7, 11) is 0. The Morgan fingerprint density at radius 3 is 2.67 bits per heavy atom. The van der Waals surface area contributed by atoms with Crippen molar-refractivity contribution in [1.82, 2.24) is 15.0 Å². The topological polar surface area (TPSA) is 77.0 Å². The van der Waals surface area contributed by atoms with Gasteiger partial charge in [-0.15, -0.1) is 11.3 Å². The number of rotatable bonds is 5. The van der Waals surface area contributed by atoms with Crippen LogP contribution in [0.5, 0.6) is 0 Å². The van der Waals surface area contributed by atoms with E-state index in [2.05, 4.69) is 19.9 Å². The third-order valence-electron chi connectivity index (χ3n) is 3.19.